The summed E-state index contributed by atoms with van der Waals surface area (Å²) in [6.45, 7) is 4.03. The van der Waals surface area contributed by atoms with Crippen LogP contribution >= 0.6 is 11.6 Å². The summed E-state index contributed by atoms with van der Waals surface area (Å²) in [6, 6.07) is 13.6. The molecule has 0 saturated carbocycles. The molecule has 2 heteroatoms. The van der Waals surface area contributed by atoms with E-state index in [-0.39, 0.29) is 0 Å². The minimum atomic E-state index is 0.730. The van der Waals surface area contributed by atoms with Gasteiger partial charge in [0.1, 0.15) is 11.5 Å². The lowest BCUT2D eigenvalue weighted by molar-refractivity contribution is 0.479. The van der Waals surface area contributed by atoms with Gasteiger partial charge < -0.3 is 4.74 Å². The van der Waals surface area contributed by atoms with E-state index in [4.69, 9.17) is 16.3 Å². The molecule has 2 aromatic rings. The predicted octanol–water partition coefficient (Wildman–Crippen LogP) is 4.75. The molecular formula is C14H13ClO. The predicted molar refractivity (Wildman–Crippen MR) is 67.4 cm³/mol. The number of hydrogen-bond acceptors (Lipinski definition) is 1. The second-order valence-corrected chi connectivity index (χ2v) is 4.26. The zero-order valence-electron chi connectivity index (χ0n) is 9.33. The molecule has 2 rings (SSSR count). The molecule has 0 atom stereocenters. The highest BCUT2D eigenvalue weighted by Crippen LogP contribution is 2.27. The number of benzene rings is 2. The third kappa shape index (κ3) is 2.56. The van der Waals surface area contributed by atoms with Crippen molar-refractivity contribution in [2.45, 2.75) is 13.8 Å². The highest BCUT2D eigenvalue weighted by molar-refractivity contribution is 6.30. The fourth-order valence-corrected chi connectivity index (χ4v) is 1.69. The average Bonchev–Trinajstić information content (AvgIpc) is 2.25. The van der Waals surface area contributed by atoms with Gasteiger partial charge in [0.25, 0.3) is 0 Å². The summed E-state index contributed by atoms with van der Waals surface area (Å²) in [7, 11) is 0. The zero-order valence-corrected chi connectivity index (χ0v) is 10.1. The van der Waals surface area contributed by atoms with Crippen molar-refractivity contribution in [3.8, 4) is 11.5 Å². The molecule has 0 heterocycles. The van der Waals surface area contributed by atoms with Gasteiger partial charge >= 0.3 is 0 Å². The van der Waals surface area contributed by atoms with Crippen molar-refractivity contribution in [1.29, 1.82) is 0 Å². The first-order valence-corrected chi connectivity index (χ1v) is 5.53. The molecule has 0 aliphatic heterocycles. The van der Waals surface area contributed by atoms with Crippen molar-refractivity contribution in [1.82, 2.24) is 0 Å². The quantitative estimate of drug-likeness (QED) is 0.726. The molecule has 2 aromatic carbocycles. The first-order valence-electron chi connectivity index (χ1n) is 5.16. The molecule has 0 amide bonds. The molecule has 0 unspecified atom stereocenters. The molecule has 0 bridgehead atoms. The number of aryl methyl sites for hydroxylation is 2. The molecule has 1 nitrogen and oxygen atoms in total. The van der Waals surface area contributed by atoms with Crippen LogP contribution in [-0.2, 0) is 0 Å². The minimum absolute atomic E-state index is 0.730. The Morgan fingerprint density at radius 3 is 2.25 bits per heavy atom. The summed E-state index contributed by atoms with van der Waals surface area (Å²) in [5, 5.41) is 0.730. The van der Waals surface area contributed by atoms with E-state index in [0.29, 0.717) is 0 Å². The Kier molecular flexibility index (Phi) is 3.16. The van der Waals surface area contributed by atoms with Gasteiger partial charge in [0.15, 0.2) is 0 Å². The monoisotopic (exact) mass is 232 g/mol. The highest BCUT2D eigenvalue weighted by atomic mass is 35.5. The van der Waals surface area contributed by atoms with Crippen molar-refractivity contribution in [2.75, 3.05) is 0 Å². The van der Waals surface area contributed by atoms with E-state index in [1.54, 1.807) is 0 Å². The number of rotatable bonds is 2. The van der Waals surface area contributed by atoms with Crippen molar-refractivity contribution < 1.29 is 4.74 Å². The topological polar surface area (TPSA) is 9.23 Å². The maximum Gasteiger partial charge on any atom is 0.130 e. The Labute approximate surface area is 101 Å². The third-order valence-corrected chi connectivity index (χ3v) is 2.62. The van der Waals surface area contributed by atoms with E-state index >= 15 is 0 Å². The van der Waals surface area contributed by atoms with Crippen LogP contribution in [0.25, 0.3) is 0 Å². The molecule has 16 heavy (non-hydrogen) atoms. The van der Waals surface area contributed by atoms with Gasteiger partial charge in [-0.25, -0.2) is 0 Å². The van der Waals surface area contributed by atoms with Gasteiger partial charge in [0, 0.05) is 5.02 Å². The Hall–Kier alpha value is -1.47. The van der Waals surface area contributed by atoms with E-state index in [0.717, 1.165) is 22.1 Å². The standard InChI is InChI=1S/C14H13ClO/c1-10-3-6-13(7-4-10)16-14-8-5-12(15)9-11(14)2/h3-9H,1-2H3. The van der Waals surface area contributed by atoms with E-state index in [1.807, 2.05) is 49.4 Å². The lowest BCUT2D eigenvalue weighted by Gasteiger charge is -2.08. The van der Waals surface area contributed by atoms with Gasteiger partial charge in [-0.3, -0.25) is 0 Å². The molecule has 82 valence electrons. The Morgan fingerprint density at radius 1 is 0.938 bits per heavy atom. The first-order chi connectivity index (χ1) is 7.65. The van der Waals surface area contributed by atoms with Crippen LogP contribution < -0.4 is 4.74 Å². The summed E-state index contributed by atoms with van der Waals surface area (Å²) < 4.78 is 5.76. The summed E-state index contributed by atoms with van der Waals surface area (Å²) in [5.74, 6) is 1.68. The second kappa shape index (κ2) is 4.58. The average molecular weight is 233 g/mol. The SMILES string of the molecule is Cc1ccc(Oc2ccc(Cl)cc2C)cc1. The van der Waals surface area contributed by atoms with Gasteiger partial charge in [0.05, 0.1) is 0 Å². The van der Waals surface area contributed by atoms with Crippen molar-refractivity contribution in [3.63, 3.8) is 0 Å². The number of ether oxygens (including phenoxy) is 1. The maximum atomic E-state index is 5.89. The van der Waals surface area contributed by atoms with Crippen LogP contribution in [-0.4, -0.2) is 0 Å². The molecule has 0 spiro atoms. The van der Waals surface area contributed by atoms with Gasteiger partial charge in [-0.05, 0) is 49.7 Å². The maximum absolute atomic E-state index is 5.89. The number of halogens is 1. The number of hydrogen-bond donors (Lipinski definition) is 0. The smallest absolute Gasteiger partial charge is 0.130 e. The summed E-state index contributed by atoms with van der Waals surface area (Å²) in [6.07, 6.45) is 0. The highest BCUT2D eigenvalue weighted by Gasteiger charge is 2.01. The van der Waals surface area contributed by atoms with E-state index in [2.05, 4.69) is 6.92 Å². The lowest BCUT2D eigenvalue weighted by Crippen LogP contribution is -1.87. The van der Waals surface area contributed by atoms with Crippen molar-refractivity contribution >= 4 is 11.6 Å². The van der Waals surface area contributed by atoms with E-state index < -0.39 is 0 Å². The van der Waals surface area contributed by atoms with Crippen LogP contribution in [0.5, 0.6) is 11.5 Å². The van der Waals surface area contributed by atoms with E-state index in [1.165, 1.54) is 5.56 Å². The van der Waals surface area contributed by atoms with Crippen LogP contribution in [0, 0.1) is 13.8 Å². The van der Waals surface area contributed by atoms with Crippen molar-refractivity contribution in [3.05, 3.63) is 58.6 Å². The minimum Gasteiger partial charge on any atom is -0.457 e. The molecule has 0 saturated heterocycles. The normalized spacial score (nSPS) is 10.2. The fourth-order valence-electron chi connectivity index (χ4n) is 1.46. The van der Waals surface area contributed by atoms with E-state index in [9.17, 15) is 0 Å². The molecule has 0 radical (unpaired) electrons. The lowest BCUT2D eigenvalue weighted by atomic mass is 10.2. The van der Waals surface area contributed by atoms with Gasteiger partial charge in [-0.1, -0.05) is 29.3 Å². The molecule has 0 aromatic heterocycles. The Morgan fingerprint density at radius 2 is 1.62 bits per heavy atom. The Balaban J connectivity index is 2.23. The molecular weight excluding hydrogens is 220 g/mol. The van der Waals surface area contributed by atoms with Gasteiger partial charge in [-0.2, -0.15) is 0 Å². The molecule has 0 N–H and O–H groups in total. The first kappa shape index (κ1) is 11.0. The third-order valence-electron chi connectivity index (χ3n) is 2.39. The van der Waals surface area contributed by atoms with Crippen LogP contribution in [0.3, 0.4) is 0 Å². The van der Waals surface area contributed by atoms with Gasteiger partial charge in [-0.15, -0.1) is 0 Å². The summed E-state index contributed by atoms with van der Waals surface area (Å²) >= 11 is 5.89. The summed E-state index contributed by atoms with van der Waals surface area (Å²) in [5.41, 5.74) is 2.26. The molecule has 0 aliphatic carbocycles. The van der Waals surface area contributed by atoms with Crippen LogP contribution in [0.15, 0.2) is 42.5 Å². The molecule has 0 aliphatic rings. The Bertz CT molecular complexity index is 489. The zero-order chi connectivity index (χ0) is 11.5. The molecule has 0 fully saturated rings. The largest absolute Gasteiger partial charge is 0.457 e. The second-order valence-electron chi connectivity index (χ2n) is 3.82. The van der Waals surface area contributed by atoms with Crippen LogP contribution in [0.1, 0.15) is 11.1 Å². The fraction of sp³-hybridized carbons (Fsp3) is 0.143. The van der Waals surface area contributed by atoms with Crippen molar-refractivity contribution in [2.24, 2.45) is 0 Å². The van der Waals surface area contributed by atoms with Gasteiger partial charge in [0.2, 0.25) is 0 Å². The van der Waals surface area contributed by atoms with Crippen LogP contribution in [0.2, 0.25) is 5.02 Å². The summed E-state index contributed by atoms with van der Waals surface area (Å²) in [4.78, 5) is 0. The van der Waals surface area contributed by atoms with Crippen LogP contribution in [0.4, 0.5) is 0 Å².